The van der Waals surface area contributed by atoms with E-state index in [1.54, 1.807) is 27.8 Å². The Balaban J connectivity index is 0.000000118. The zero-order chi connectivity index (χ0) is 80.8. The minimum Gasteiger partial charge on any atom is -0.353 e. The molecule has 6 atom stereocenters. The van der Waals surface area contributed by atoms with E-state index in [0.717, 1.165) is 184 Å². The van der Waals surface area contributed by atoms with Crippen molar-refractivity contribution < 1.29 is 4.39 Å². The molecule has 2 aromatic carbocycles. The van der Waals surface area contributed by atoms with E-state index in [2.05, 4.69) is 186 Å². The van der Waals surface area contributed by atoms with E-state index in [9.17, 15) is 4.39 Å². The third kappa shape index (κ3) is 17.1. The Morgan fingerprint density at radius 3 is 1.13 bits per heavy atom. The molecule has 6 unspecified atom stereocenters. The molecule has 9 saturated heterocycles. The molecule has 15 aromatic rings. The van der Waals surface area contributed by atoms with Gasteiger partial charge in [-0.05, 0) is 187 Å². The maximum absolute atomic E-state index is 13.2. The van der Waals surface area contributed by atoms with Crippen molar-refractivity contribution in [2.45, 2.75) is 136 Å². The summed E-state index contributed by atoms with van der Waals surface area (Å²) in [6.07, 6.45) is 23.2. The first kappa shape index (κ1) is 76.0. The number of anilines is 3. The summed E-state index contributed by atoms with van der Waals surface area (Å²) in [6, 6.07) is 51.1. The molecule has 13 aromatic heterocycles. The zero-order valence-electron chi connectivity index (χ0n) is 67.1. The number of rotatable bonds is 21. The Hall–Kier alpha value is -13.0. The third-order valence-corrected chi connectivity index (χ3v) is 23.5. The van der Waals surface area contributed by atoms with E-state index in [0.29, 0.717) is 78.0 Å². The molecule has 0 aliphatic carbocycles. The number of benzene rings is 2. The summed E-state index contributed by atoms with van der Waals surface area (Å²) in [7, 11) is 0. The summed E-state index contributed by atoms with van der Waals surface area (Å²) in [5.74, 6) is 4.62. The number of piperazine rings is 3. The van der Waals surface area contributed by atoms with Crippen LogP contribution in [0.5, 0.6) is 0 Å². The smallest absolute Gasteiger partial charge is 0.231 e. The fourth-order valence-electron chi connectivity index (χ4n) is 17.4. The van der Waals surface area contributed by atoms with Crippen molar-refractivity contribution in [3.05, 3.63) is 298 Å². The van der Waals surface area contributed by atoms with Gasteiger partial charge in [0.25, 0.3) is 0 Å². The number of hydrogen-bond acceptors (Lipinski definition) is 22. The molecule has 600 valence electrons. The quantitative estimate of drug-likeness (QED) is 0.0602. The normalized spacial score (nSPS) is 18.7. The monoisotopic (exact) mass is 1600 g/mol. The van der Waals surface area contributed by atoms with Crippen molar-refractivity contribution in [1.29, 1.82) is 0 Å². The second kappa shape index (κ2) is 32.9. The molecule has 22 heterocycles. The molecule has 119 heavy (non-hydrogen) atoms. The minimum atomic E-state index is -0.500. The summed E-state index contributed by atoms with van der Waals surface area (Å²) in [5, 5.41) is 31.3. The van der Waals surface area contributed by atoms with E-state index in [1.165, 1.54) is 42.9 Å². The van der Waals surface area contributed by atoms with E-state index < -0.39 is 5.95 Å². The number of nitrogens with zero attached hydrogens (tertiary/aromatic N) is 25. The van der Waals surface area contributed by atoms with E-state index in [4.69, 9.17) is 41.5 Å². The van der Waals surface area contributed by atoms with Gasteiger partial charge in [0.05, 0.1) is 80.5 Å². The van der Waals surface area contributed by atoms with E-state index >= 15 is 0 Å². The number of nitrogens with one attached hydrogen (secondary N) is 3. The van der Waals surface area contributed by atoms with Crippen LogP contribution in [0.25, 0.3) is 51.2 Å². The zero-order valence-corrected chi connectivity index (χ0v) is 67.8. The molecule has 30 heteroatoms. The molecule has 9 aliphatic heterocycles. The Morgan fingerprint density at radius 1 is 0.387 bits per heavy atom. The predicted molar refractivity (Wildman–Crippen MR) is 452 cm³/mol. The average molecular weight is 1610 g/mol. The van der Waals surface area contributed by atoms with Gasteiger partial charge in [0.15, 0.2) is 17.5 Å². The van der Waals surface area contributed by atoms with Crippen molar-refractivity contribution >= 4 is 29.1 Å². The van der Waals surface area contributed by atoms with Crippen molar-refractivity contribution in [1.82, 2.24) is 124 Å². The lowest BCUT2D eigenvalue weighted by Gasteiger charge is -2.56. The van der Waals surface area contributed by atoms with Crippen LogP contribution >= 0.6 is 11.6 Å². The summed E-state index contributed by atoms with van der Waals surface area (Å²) < 4.78 is 18.5. The van der Waals surface area contributed by atoms with Crippen LogP contribution in [0, 0.1) is 47.5 Å². The number of aromatic amines is 3. The van der Waals surface area contributed by atoms with Gasteiger partial charge < -0.3 is 19.3 Å². The number of pyridine rings is 4. The lowest BCUT2D eigenvalue weighted by atomic mass is 9.86. The molecule has 9 fully saturated rings. The number of fused-ring (bicyclic) bond motifs is 6. The molecule has 9 aliphatic rings. The van der Waals surface area contributed by atoms with Crippen LogP contribution in [-0.2, 0) is 38.9 Å². The largest absolute Gasteiger partial charge is 0.353 e. The van der Waals surface area contributed by atoms with Gasteiger partial charge in [-0.15, -0.1) is 0 Å². The molecule has 28 nitrogen and oxygen atoms in total. The molecule has 6 bridgehead atoms. The first-order valence-electron chi connectivity index (χ1n) is 40.5. The van der Waals surface area contributed by atoms with Gasteiger partial charge in [-0.1, -0.05) is 35.9 Å². The highest BCUT2D eigenvalue weighted by atomic mass is 35.5. The van der Waals surface area contributed by atoms with Crippen molar-refractivity contribution in [2.24, 2.45) is 0 Å². The minimum absolute atomic E-state index is 0.470. The molecule has 0 spiro atoms. The number of imidazole rings is 1. The van der Waals surface area contributed by atoms with Crippen LogP contribution in [0.3, 0.4) is 0 Å². The molecular formula is C89H90ClFN28. The highest BCUT2D eigenvalue weighted by Gasteiger charge is 2.47. The average Bonchev–Trinajstić information content (AvgIpc) is 1.61. The fraction of sp³-hybridized carbons (Fsp3) is 0.303. The standard InChI is InChI=1S/C30H30ClN9.C30H31N9.C29H29FN10/c1-19-9-24(11-25-10-20(2)36-37-25)35-30(34-19)22-5-8-29(32-13-22)38-17-27-12-28(18-38)39(27)15-21-3-6-26(7-4-21)40-16-23(31)14-33-40;1-20-12-24(14-25-13-21(2)35-36-25)34-30(33-20)23-6-9-29(31-16-23)37-18-27-15-28(19-37)38(27)17-22-4-7-26(8-5-22)39-11-3-10-32-39;1-18-7-22(9-23-8-19(2)36-37-23)35-29(34-18)20-3-6-28(32-11-20)38-14-25-10-26(15-38)40(25)13-21-4-5-24(12-31-21)39-16-27(30)33-17-39/h3-10,13-14,16,27-28H,11-12,15,17-18H2,1-2H3,(H,36,37);3-13,16,27-28H,14-15,17-19H2,1-2H3,(H,35,36);3-8,11-12,16-17,25-26H,9-10,13-15H2,1-2H3,(H,36,37). The second-order valence-electron chi connectivity index (χ2n) is 32.2. The molecule has 0 amide bonds. The van der Waals surface area contributed by atoms with Crippen LogP contribution in [0.4, 0.5) is 21.8 Å². The van der Waals surface area contributed by atoms with Gasteiger partial charge >= 0.3 is 0 Å². The first-order valence-corrected chi connectivity index (χ1v) is 40.9. The fourth-order valence-corrected chi connectivity index (χ4v) is 17.5. The lowest BCUT2D eigenvalue weighted by Crippen LogP contribution is -2.68. The van der Waals surface area contributed by atoms with Crippen LogP contribution in [-0.4, -0.2) is 200 Å². The van der Waals surface area contributed by atoms with Gasteiger partial charge in [0.1, 0.15) is 23.8 Å². The topological polar surface area (TPSA) is 288 Å². The number of H-pyrrole nitrogens is 3. The highest BCUT2D eigenvalue weighted by Crippen LogP contribution is 2.40. The molecule has 0 radical (unpaired) electrons. The van der Waals surface area contributed by atoms with Crippen LogP contribution < -0.4 is 14.7 Å². The van der Waals surface area contributed by atoms with Gasteiger partial charge in [0, 0.05) is 202 Å². The number of piperidine rings is 3. The van der Waals surface area contributed by atoms with Crippen molar-refractivity contribution in [3.63, 3.8) is 0 Å². The molecule has 3 N–H and O–H groups in total. The molecular weight excluding hydrogens is 1520 g/mol. The Bertz CT molecular complexity index is 5740. The van der Waals surface area contributed by atoms with Crippen LogP contribution in [0.1, 0.15) is 104 Å². The SMILES string of the molecule is Cc1cc(Cc2cc(C)[nH]n2)nc(-c2ccc(N3CC4CC(C3)N4Cc3ccc(-n4cc(Cl)cn4)cc3)nc2)n1.Cc1cc(Cc2cc(C)[nH]n2)nc(-c2ccc(N3CC4CC(C3)N4Cc3ccc(-n4cccn4)cc3)nc2)n1.Cc1cc(Cc2cc(C)[nH]n2)nc(-c2ccc(N3CC4CC(C3)N4Cc3ccc(-n4cnc(F)c4)cn3)nc2)n1. The van der Waals surface area contributed by atoms with E-state index in [-0.39, 0.29) is 0 Å². The number of hydrogen-bond donors (Lipinski definition) is 3. The third-order valence-electron chi connectivity index (χ3n) is 23.3. The predicted octanol–water partition coefficient (Wildman–Crippen LogP) is 12.5. The van der Waals surface area contributed by atoms with Gasteiger partial charge in [-0.2, -0.15) is 29.9 Å². The van der Waals surface area contributed by atoms with Gasteiger partial charge in [-0.25, -0.2) is 59.2 Å². The summed E-state index contributed by atoms with van der Waals surface area (Å²) in [5.41, 5.74) is 21.0. The first-order chi connectivity index (χ1) is 58.0. The summed E-state index contributed by atoms with van der Waals surface area (Å²) >= 11 is 6.01. The lowest BCUT2D eigenvalue weighted by molar-refractivity contribution is -0.00967. The second-order valence-corrected chi connectivity index (χ2v) is 32.6. The van der Waals surface area contributed by atoms with Gasteiger partial charge in [-0.3, -0.25) is 35.0 Å². The Labute approximate surface area is 692 Å². The maximum atomic E-state index is 13.2. The van der Waals surface area contributed by atoms with Crippen LogP contribution in [0.15, 0.2) is 202 Å². The number of aromatic nitrogens is 22. The number of aryl methyl sites for hydroxylation is 6. The maximum Gasteiger partial charge on any atom is 0.231 e. The summed E-state index contributed by atoms with van der Waals surface area (Å²) in [4.78, 5) is 66.1. The Morgan fingerprint density at radius 2 is 0.798 bits per heavy atom. The van der Waals surface area contributed by atoms with E-state index in [1.807, 2.05) is 126 Å². The molecule has 0 saturated carbocycles. The Kier molecular flexibility index (Phi) is 21.0. The highest BCUT2D eigenvalue weighted by molar-refractivity contribution is 6.30. The van der Waals surface area contributed by atoms with Crippen LogP contribution in [0.2, 0.25) is 5.02 Å². The molecule has 24 rings (SSSR count). The van der Waals surface area contributed by atoms with Crippen molar-refractivity contribution in [3.8, 4) is 51.2 Å². The van der Waals surface area contributed by atoms with Crippen molar-refractivity contribution in [2.75, 3.05) is 54.0 Å². The summed E-state index contributed by atoms with van der Waals surface area (Å²) in [6.45, 7) is 20.6. The van der Waals surface area contributed by atoms with Gasteiger partial charge in [0.2, 0.25) is 5.95 Å². The number of halogens is 2.